The third-order valence-electron chi connectivity index (χ3n) is 3.46. The average molecular weight is 336 g/mol. The molecule has 1 aromatic heterocycles. The maximum Gasteiger partial charge on any atom is 0.239 e. The highest BCUT2D eigenvalue weighted by atomic mass is 32.1. The maximum absolute atomic E-state index is 12.9. The lowest BCUT2D eigenvalue weighted by atomic mass is 10.1. The van der Waals surface area contributed by atoms with Crippen molar-refractivity contribution >= 4 is 22.6 Å². The van der Waals surface area contributed by atoms with Gasteiger partial charge in [-0.25, -0.2) is 9.37 Å². The summed E-state index contributed by atoms with van der Waals surface area (Å²) < 4.78 is 17.2. The first kappa shape index (κ1) is 17.3. The minimum atomic E-state index is -0.257. The second-order valence-electron chi connectivity index (χ2n) is 5.53. The van der Waals surface area contributed by atoms with Crippen LogP contribution < -0.4 is 10.2 Å². The van der Waals surface area contributed by atoms with E-state index in [4.69, 9.17) is 0 Å². The molecule has 1 atom stereocenters. The predicted octanol–water partition coefficient (Wildman–Crippen LogP) is 2.62. The van der Waals surface area contributed by atoms with Crippen LogP contribution in [0.15, 0.2) is 24.3 Å². The van der Waals surface area contributed by atoms with Crippen molar-refractivity contribution in [1.29, 1.82) is 0 Å². The van der Waals surface area contributed by atoms with E-state index >= 15 is 0 Å². The van der Waals surface area contributed by atoms with Gasteiger partial charge in [0.1, 0.15) is 11.6 Å². The molecule has 1 amide bonds. The van der Waals surface area contributed by atoms with E-state index < -0.39 is 0 Å². The lowest BCUT2D eigenvalue weighted by Gasteiger charge is -2.17. The second kappa shape index (κ2) is 8.01. The molecular formula is C16H21FN4OS. The minimum Gasteiger partial charge on any atom is -0.352 e. The van der Waals surface area contributed by atoms with Crippen molar-refractivity contribution in [3.8, 4) is 0 Å². The second-order valence-corrected chi connectivity index (χ2v) is 6.26. The number of aromatic nitrogens is 2. The number of likely N-dealkylation sites (N-methyl/N-ethyl adjacent to an activating group) is 1. The van der Waals surface area contributed by atoms with Gasteiger partial charge in [0.15, 0.2) is 0 Å². The highest BCUT2D eigenvalue weighted by Crippen LogP contribution is 2.17. The van der Waals surface area contributed by atoms with Gasteiger partial charge in [0.25, 0.3) is 0 Å². The van der Waals surface area contributed by atoms with Crippen LogP contribution in [0.25, 0.3) is 0 Å². The molecule has 0 aliphatic heterocycles. The molecule has 1 aromatic carbocycles. The quantitative estimate of drug-likeness (QED) is 0.844. The normalized spacial score (nSPS) is 12.0. The van der Waals surface area contributed by atoms with Crippen molar-refractivity contribution in [3.05, 3.63) is 41.5 Å². The molecular weight excluding hydrogens is 315 g/mol. The number of halogens is 1. The summed E-state index contributed by atoms with van der Waals surface area (Å²) in [7, 11) is 1.82. The summed E-state index contributed by atoms with van der Waals surface area (Å²) in [5, 5.41) is 3.62. The van der Waals surface area contributed by atoms with Crippen LogP contribution in [0.3, 0.4) is 0 Å². The molecule has 5 nitrogen and oxygen atoms in total. The molecule has 23 heavy (non-hydrogen) atoms. The van der Waals surface area contributed by atoms with Gasteiger partial charge in [-0.15, -0.1) is 0 Å². The number of rotatable bonds is 7. The number of carbonyl (C=O) groups is 1. The van der Waals surface area contributed by atoms with Crippen LogP contribution in [-0.4, -0.2) is 34.9 Å². The Morgan fingerprint density at radius 3 is 2.74 bits per heavy atom. The fourth-order valence-electron chi connectivity index (χ4n) is 1.96. The SMILES string of the molecule is CC[C@@H](C)NC(=O)CN(C)c1nc(Cc2ccc(F)cc2)ns1. The van der Waals surface area contributed by atoms with Crippen LogP contribution >= 0.6 is 11.5 Å². The molecule has 7 heteroatoms. The number of benzene rings is 1. The summed E-state index contributed by atoms with van der Waals surface area (Å²) >= 11 is 1.26. The van der Waals surface area contributed by atoms with E-state index in [-0.39, 0.29) is 24.3 Å². The zero-order chi connectivity index (χ0) is 16.8. The zero-order valence-corrected chi connectivity index (χ0v) is 14.4. The van der Waals surface area contributed by atoms with Crippen LogP contribution in [0, 0.1) is 5.82 Å². The maximum atomic E-state index is 12.9. The Bertz CT molecular complexity index is 644. The number of hydrogen-bond donors (Lipinski definition) is 1. The molecule has 2 rings (SSSR count). The number of amides is 1. The molecule has 0 bridgehead atoms. The molecule has 0 spiro atoms. The van der Waals surface area contributed by atoms with Crippen LogP contribution in [0.2, 0.25) is 0 Å². The van der Waals surface area contributed by atoms with E-state index in [1.165, 1.54) is 23.7 Å². The Kier molecular flexibility index (Phi) is 6.04. The van der Waals surface area contributed by atoms with E-state index in [9.17, 15) is 9.18 Å². The number of nitrogens with zero attached hydrogens (tertiary/aromatic N) is 3. The van der Waals surface area contributed by atoms with Crippen LogP contribution in [-0.2, 0) is 11.2 Å². The molecule has 0 radical (unpaired) electrons. The van der Waals surface area contributed by atoms with Crippen LogP contribution in [0.1, 0.15) is 31.7 Å². The van der Waals surface area contributed by atoms with Gasteiger partial charge < -0.3 is 10.2 Å². The Hall–Kier alpha value is -2.02. The fraction of sp³-hybridized carbons (Fsp3) is 0.438. The molecule has 0 aliphatic rings. The average Bonchev–Trinajstić information content (AvgIpc) is 2.98. The van der Waals surface area contributed by atoms with E-state index in [0.717, 1.165) is 12.0 Å². The van der Waals surface area contributed by atoms with Gasteiger partial charge in [-0.3, -0.25) is 4.79 Å². The summed E-state index contributed by atoms with van der Waals surface area (Å²) in [6.45, 7) is 4.25. The molecule has 0 aliphatic carbocycles. The minimum absolute atomic E-state index is 0.0304. The number of carbonyl (C=O) groups excluding carboxylic acids is 1. The van der Waals surface area contributed by atoms with Crippen molar-refractivity contribution in [2.45, 2.75) is 32.7 Å². The highest BCUT2D eigenvalue weighted by Gasteiger charge is 2.13. The first-order valence-corrected chi connectivity index (χ1v) is 8.32. The van der Waals surface area contributed by atoms with Gasteiger partial charge in [0, 0.05) is 31.0 Å². The van der Waals surface area contributed by atoms with E-state index in [1.54, 1.807) is 17.0 Å². The highest BCUT2D eigenvalue weighted by molar-refractivity contribution is 7.09. The van der Waals surface area contributed by atoms with Crippen molar-refractivity contribution in [3.63, 3.8) is 0 Å². The van der Waals surface area contributed by atoms with Crippen molar-refractivity contribution < 1.29 is 9.18 Å². The first-order valence-electron chi connectivity index (χ1n) is 7.55. The largest absolute Gasteiger partial charge is 0.352 e. The van der Waals surface area contributed by atoms with Gasteiger partial charge >= 0.3 is 0 Å². The third-order valence-corrected chi connectivity index (χ3v) is 4.33. The Morgan fingerprint density at radius 1 is 1.39 bits per heavy atom. The van der Waals surface area contributed by atoms with Crippen LogP contribution in [0.5, 0.6) is 0 Å². The Morgan fingerprint density at radius 2 is 2.09 bits per heavy atom. The Labute approximate surface area is 139 Å². The Balaban J connectivity index is 1.92. The molecule has 0 saturated heterocycles. The lowest BCUT2D eigenvalue weighted by molar-refractivity contribution is -0.120. The summed E-state index contributed by atoms with van der Waals surface area (Å²) in [5.74, 6) is 0.385. The predicted molar refractivity (Wildman–Crippen MR) is 90.3 cm³/mol. The van der Waals surface area contributed by atoms with Crippen molar-refractivity contribution in [1.82, 2.24) is 14.7 Å². The third kappa shape index (κ3) is 5.28. The van der Waals surface area contributed by atoms with Crippen molar-refractivity contribution in [2.24, 2.45) is 0 Å². The molecule has 124 valence electrons. The van der Waals surface area contributed by atoms with Crippen molar-refractivity contribution in [2.75, 3.05) is 18.5 Å². The number of anilines is 1. The molecule has 0 fully saturated rings. The van der Waals surface area contributed by atoms with E-state index in [2.05, 4.69) is 14.7 Å². The summed E-state index contributed by atoms with van der Waals surface area (Å²) in [6.07, 6.45) is 1.44. The molecule has 1 heterocycles. The first-order chi connectivity index (χ1) is 11.0. The summed E-state index contributed by atoms with van der Waals surface area (Å²) in [4.78, 5) is 18.1. The fourth-order valence-corrected chi connectivity index (χ4v) is 2.60. The monoisotopic (exact) mass is 336 g/mol. The van der Waals surface area contributed by atoms with Gasteiger partial charge in [0.2, 0.25) is 11.0 Å². The topological polar surface area (TPSA) is 58.1 Å². The zero-order valence-electron chi connectivity index (χ0n) is 13.5. The van der Waals surface area contributed by atoms with Gasteiger partial charge in [-0.2, -0.15) is 4.37 Å². The number of hydrogen-bond acceptors (Lipinski definition) is 5. The van der Waals surface area contributed by atoms with E-state index in [0.29, 0.717) is 17.4 Å². The van der Waals surface area contributed by atoms with Gasteiger partial charge in [0.05, 0.1) is 6.54 Å². The number of nitrogens with one attached hydrogen (secondary N) is 1. The molecule has 2 aromatic rings. The van der Waals surface area contributed by atoms with E-state index in [1.807, 2.05) is 20.9 Å². The van der Waals surface area contributed by atoms with Gasteiger partial charge in [-0.1, -0.05) is 19.1 Å². The molecule has 0 saturated carbocycles. The molecule has 1 N–H and O–H groups in total. The summed E-state index contributed by atoms with van der Waals surface area (Å²) in [6, 6.07) is 6.46. The standard InChI is InChI=1S/C16H21FN4OS/c1-4-11(2)18-15(22)10-21(3)16-19-14(20-23-16)9-12-5-7-13(17)8-6-12/h5-8,11H,4,9-10H2,1-3H3,(H,18,22)/t11-/m1/s1. The lowest BCUT2D eigenvalue weighted by Crippen LogP contribution is -2.39. The summed E-state index contributed by atoms with van der Waals surface area (Å²) in [5.41, 5.74) is 0.952. The van der Waals surface area contributed by atoms with Gasteiger partial charge in [-0.05, 0) is 31.0 Å². The smallest absolute Gasteiger partial charge is 0.239 e. The van der Waals surface area contributed by atoms with Crippen LogP contribution in [0.4, 0.5) is 9.52 Å². The molecule has 0 unspecified atom stereocenters.